The van der Waals surface area contributed by atoms with E-state index in [0.717, 1.165) is 32.7 Å². The Morgan fingerprint density at radius 1 is 1.00 bits per heavy atom. The Hall–Kier alpha value is -1.70. The zero-order chi connectivity index (χ0) is 20.0. The number of aliphatic hydroxyl groups is 1. The second kappa shape index (κ2) is 12.2. The van der Waals surface area contributed by atoms with Gasteiger partial charge >= 0.3 is 5.97 Å². The molecule has 2 aromatic carbocycles. The van der Waals surface area contributed by atoms with Crippen molar-refractivity contribution in [1.82, 2.24) is 9.80 Å². The minimum Gasteiger partial charge on any atom is -0.463 e. The lowest BCUT2D eigenvalue weighted by molar-refractivity contribution is -0.162. The van der Waals surface area contributed by atoms with E-state index in [0.29, 0.717) is 12.0 Å². The standard InChI is InChI=1S/C22H27FN2O3.2ClH/c1-24-13-15-25(16-14-24)12-5-17-28-21(26)22(27,18-6-3-2-4-7-18)19-8-10-20(23)11-9-19;;/h2-4,6-11,27H,5,12-17H2,1H3;2*1H. The van der Waals surface area contributed by atoms with Gasteiger partial charge in [0.05, 0.1) is 6.61 Å². The summed E-state index contributed by atoms with van der Waals surface area (Å²) in [4.78, 5) is 17.5. The molecule has 1 aliphatic rings. The monoisotopic (exact) mass is 458 g/mol. The van der Waals surface area contributed by atoms with Crippen molar-refractivity contribution in [2.75, 3.05) is 46.4 Å². The molecular weight excluding hydrogens is 430 g/mol. The van der Waals surface area contributed by atoms with E-state index in [1.165, 1.54) is 24.3 Å². The Balaban J connectivity index is 0.00000225. The molecule has 1 saturated heterocycles. The van der Waals surface area contributed by atoms with E-state index in [4.69, 9.17) is 4.74 Å². The number of hydrogen-bond acceptors (Lipinski definition) is 5. The SMILES string of the molecule is CN1CCN(CCCOC(=O)C(O)(c2ccccc2)c2ccc(F)cc2)CC1.Cl.Cl. The summed E-state index contributed by atoms with van der Waals surface area (Å²) in [6.45, 7) is 5.17. The smallest absolute Gasteiger partial charge is 0.347 e. The van der Waals surface area contributed by atoms with Gasteiger partial charge in [0.1, 0.15) is 5.82 Å². The Morgan fingerprint density at radius 3 is 2.17 bits per heavy atom. The average Bonchev–Trinajstić information content (AvgIpc) is 2.73. The summed E-state index contributed by atoms with van der Waals surface area (Å²) in [5, 5.41) is 11.3. The van der Waals surface area contributed by atoms with Crippen LogP contribution in [0.1, 0.15) is 17.5 Å². The lowest BCUT2D eigenvalue weighted by Crippen LogP contribution is -2.45. The summed E-state index contributed by atoms with van der Waals surface area (Å²) in [6.07, 6.45) is 0.698. The highest BCUT2D eigenvalue weighted by molar-refractivity contribution is 5.86. The summed E-state index contributed by atoms with van der Waals surface area (Å²) in [5.74, 6) is -1.18. The molecule has 0 aromatic heterocycles. The van der Waals surface area contributed by atoms with Gasteiger partial charge in [0.15, 0.2) is 0 Å². The van der Waals surface area contributed by atoms with Gasteiger partial charge in [0.25, 0.3) is 0 Å². The minimum absolute atomic E-state index is 0. The minimum atomic E-state index is -1.97. The summed E-state index contributed by atoms with van der Waals surface area (Å²) in [6, 6.07) is 13.9. The number of halogens is 3. The fourth-order valence-electron chi connectivity index (χ4n) is 3.40. The Bertz CT molecular complexity index is 772. The van der Waals surface area contributed by atoms with E-state index in [2.05, 4.69) is 16.8 Å². The zero-order valence-corrected chi connectivity index (χ0v) is 18.6. The first-order valence-corrected chi connectivity index (χ1v) is 9.62. The number of benzene rings is 2. The summed E-state index contributed by atoms with van der Waals surface area (Å²) in [7, 11) is 2.11. The van der Waals surface area contributed by atoms with Crippen LogP contribution in [0.4, 0.5) is 4.39 Å². The number of ether oxygens (including phenoxy) is 1. The van der Waals surface area contributed by atoms with Crippen LogP contribution in [-0.4, -0.2) is 67.3 Å². The second-order valence-electron chi connectivity index (χ2n) is 7.22. The van der Waals surface area contributed by atoms with Gasteiger partial charge in [-0.15, -0.1) is 24.8 Å². The summed E-state index contributed by atoms with van der Waals surface area (Å²) >= 11 is 0. The molecule has 0 amide bonds. The molecule has 5 nitrogen and oxygen atoms in total. The van der Waals surface area contributed by atoms with Gasteiger partial charge in [-0.3, -0.25) is 0 Å². The van der Waals surface area contributed by atoms with Gasteiger partial charge in [-0.1, -0.05) is 42.5 Å². The van der Waals surface area contributed by atoms with E-state index >= 15 is 0 Å². The molecule has 2 aromatic rings. The molecule has 0 radical (unpaired) electrons. The number of carbonyl (C=O) groups excluding carboxylic acids is 1. The fourth-order valence-corrected chi connectivity index (χ4v) is 3.40. The van der Waals surface area contributed by atoms with Crippen molar-refractivity contribution in [2.24, 2.45) is 0 Å². The van der Waals surface area contributed by atoms with E-state index < -0.39 is 17.4 Å². The maximum Gasteiger partial charge on any atom is 0.347 e. The molecule has 0 bridgehead atoms. The van der Waals surface area contributed by atoms with Crippen LogP contribution in [0, 0.1) is 5.82 Å². The number of hydrogen-bond donors (Lipinski definition) is 1. The Morgan fingerprint density at radius 2 is 1.57 bits per heavy atom. The fraction of sp³-hybridized carbons (Fsp3) is 0.409. The number of esters is 1. The zero-order valence-electron chi connectivity index (χ0n) is 17.0. The quantitative estimate of drug-likeness (QED) is 0.510. The molecule has 3 rings (SSSR count). The number of likely N-dealkylation sites (N-methyl/N-ethyl adjacent to an activating group) is 1. The number of piperazine rings is 1. The molecule has 1 N–H and O–H groups in total. The molecule has 0 aliphatic carbocycles. The molecule has 166 valence electrons. The lowest BCUT2D eigenvalue weighted by atomic mass is 9.86. The van der Waals surface area contributed by atoms with Crippen LogP contribution in [0.2, 0.25) is 0 Å². The van der Waals surface area contributed by atoms with Gasteiger partial charge in [-0.25, -0.2) is 9.18 Å². The second-order valence-corrected chi connectivity index (χ2v) is 7.22. The topological polar surface area (TPSA) is 53.0 Å². The Kier molecular flexibility index (Phi) is 10.7. The van der Waals surface area contributed by atoms with Gasteiger partial charge in [-0.2, -0.15) is 0 Å². The highest BCUT2D eigenvalue weighted by Crippen LogP contribution is 2.31. The highest BCUT2D eigenvalue weighted by atomic mass is 35.5. The van der Waals surface area contributed by atoms with Crippen LogP contribution in [0.3, 0.4) is 0 Å². The first-order chi connectivity index (χ1) is 13.5. The van der Waals surface area contributed by atoms with Crippen molar-refractivity contribution in [3.8, 4) is 0 Å². The van der Waals surface area contributed by atoms with Crippen molar-refractivity contribution in [3.63, 3.8) is 0 Å². The van der Waals surface area contributed by atoms with E-state index in [-0.39, 0.29) is 37.0 Å². The predicted molar refractivity (Wildman–Crippen MR) is 120 cm³/mol. The average molecular weight is 459 g/mol. The van der Waals surface area contributed by atoms with Crippen LogP contribution in [0.25, 0.3) is 0 Å². The number of carbonyl (C=O) groups is 1. The van der Waals surface area contributed by atoms with Crippen molar-refractivity contribution in [1.29, 1.82) is 0 Å². The predicted octanol–water partition coefficient (Wildman–Crippen LogP) is 3.09. The van der Waals surface area contributed by atoms with Crippen LogP contribution in [-0.2, 0) is 15.1 Å². The molecule has 0 saturated carbocycles. The lowest BCUT2D eigenvalue weighted by Gasteiger charge is -2.32. The van der Waals surface area contributed by atoms with Gasteiger partial charge < -0.3 is 19.6 Å². The molecule has 1 heterocycles. The molecule has 1 fully saturated rings. The first kappa shape index (κ1) is 26.3. The van der Waals surface area contributed by atoms with E-state index in [9.17, 15) is 14.3 Å². The Labute approximate surface area is 189 Å². The number of rotatable bonds is 7. The molecule has 8 heteroatoms. The maximum atomic E-state index is 13.3. The van der Waals surface area contributed by atoms with Crippen LogP contribution >= 0.6 is 24.8 Å². The molecule has 0 spiro atoms. The van der Waals surface area contributed by atoms with Gasteiger partial charge in [-0.05, 0) is 36.7 Å². The van der Waals surface area contributed by atoms with Crippen molar-refractivity contribution in [3.05, 3.63) is 71.5 Å². The largest absolute Gasteiger partial charge is 0.463 e. The first-order valence-electron chi connectivity index (χ1n) is 9.62. The maximum absolute atomic E-state index is 13.3. The normalized spacial score (nSPS) is 16.6. The van der Waals surface area contributed by atoms with Crippen molar-refractivity contribution in [2.45, 2.75) is 12.0 Å². The molecular formula is C22H29Cl2FN2O3. The van der Waals surface area contributed by atoms with Gasteiger partial charge in [0, 0.05) is 32.7 Å². The van der Waals surface area contributed by atoms with Crippen molar-refractivity contribution >= 4 is 30.8 Å². The molecule has 1 atom stereocenters. The third kappa shape index (κ3) is 6.40. The van der Waals surface area contributed by atoms with Crippen LogP contribution < -0.4 is 0 Å². The van der Waals surface area contributed by atoms with Crippen LogP contribution in [0.5, 0.6) is 0 Å². The number of nitrogens with zero attached hydrogens (tertiary/aromatic N) is 2. The molecule has 1 unspecified atom stereocenters. The van der Waals surface area contributed by atoms with Gasteiger partial charge in [0.2, 0.25) is 5.60 Å². The van der Waals surface area contributed by atoms with E-state index in [1.54, 1.807) is 30.3 Å². The molecule has 30 heavy (non-hydrogen) atoms. The summed E-state index contributed by atoms with van der Waals surface area (Å²) in [5.41, 5.74) is -1.29. The third-order valence-corrected chi connectivity index (χ3v) is 5.20. The highest BCUT2D eigenvalue weighted by Gasteiger charge is 2.41. The van der Waals surface area contributed by atoms with E-state index in [1.807, 2.05) is 0 Å². The van der Waals surface area contributed by atoms with Crippen LogP contribution in [0.15, 0.2) is 54.6 Å². The third-order valence-electron chi connectivity index (χ3n) is 5.20. The van der Waals surface area contributed by atoms with Crippen molar-refractivity contribution < 1.29 is 19.0 Å². The molecule has 1 aliphatic heterocycles. The summed E-state index contributed by atoms with van der Waals surface area (Å²) < 4.78 is 18.8.